The van der Waals surface area contributed by atoms with Crippen molar-refractivity contribution < 1.29 is 14.3 Å². The van der Waals surface area contributed by atoms with E-state index in [1.807, 2.05) is 42.6 Å². The molecule has 0 fully saturated rings. The highest BCUT2D eigenvalue weighted by atomic mass is 16.5. The molecule has 40 heavy (non-hydrogen) atoms. The van der Waals surface area contributed by atoms with Gasteiger partial charge in [-0.2, -0.15) is 0 Å². The molecule has 1 aliphatic rings. The SMILES string of the molecule is O=C1C=CC(=O)N1CCCCCCCCOc1ccc(-c2ccc(-c3ccnc(-c4ccccc4)c3)cc2)cc1. The Balaban J connectivity index is 1.02. The lowest BCUT2D eigenvalue weighted by Crippen LogP contribution is -2.30. The topological polar surface area (TPSA) is 59.5 Å². The summed E-state index contributed by atoms with van der Waals surface area (Å²) in [6, 6.07) is 31.3. The number of nitrogens with zero attached hydrogens (tertiary/aromatic N) is 2. The summed E-state index contributed by atoms with van der Waals surface area (Å²) in [5, 5.41) is 0. The van der Waals surface area contributed by atoms with Crippen molar-refractivity contribution in [1.29, 1.82) is 0 Å². The highest BCUT2D eigenvalue weighted by Crippen LogP contribution is 2.28. The molecule has 0 spiro atoms. The summed E-state index contributed by atoms with van der Waals surface area (Å²) in [5.41, 5.74) is 6.73. The zero-order chi connectivity index (χ0) is 27.6. The molecule has 0 N–H and O–H groups in total. The molecule has 1 aliphatic heterocycles. The molecule has 0 unspecified atom stereocenters. The number of unbranched alkanes of at least 4 members (excludes halogenated alkanes) is 5. The maximum atomic E-state index is 11.5. The number of benzene rings is 3. The largest absolute Gasteiger partial charge is 0.494 e. The highest BCUT2D eigenvalue weighted by Gasteiger charge is 2.22. The van der Waals surface area contributed by atoms with Gasteiger partial charge in [0, 0.05) is 30.5 Å². The number of carbonyl (C=O) groups is 2. The third kappa shape index (κ3) is 7.11. The van der Waals surface area contributed by atoms with E-state index in [1.54, 1.807) is 0 Å². The molecular formula is C35H34N2O3. The summed E-state index contributed by atoms with van der Waals surface area (Å²) >= 11 is 0. The zero-order valence-electron chi connectivity index (χ0n) is 22.7. The molecule has 0 saturated heterocycles. The summed E-state index contributed by atoms with van der Waals surface area (Å²) in [7, 11) is 0. The van der Waals surface area contributed by atoms with Gasteiger partial charge in [-0.15, -0.1) is 0 Å². The van der Waals surface area contributed by atoms with Crippen LogP contribution in [0.5, 0.6) is 5.75 Å². The Bertz CT molecular complexity index is 1430. The fraction of sp³-hybridized carbons (Fsp3) is 0.229. The van der Waals surface area contributed by atoms with Gasteiger partial charge in [-0.25, -0.2) is 0 Å². The molecule has 202 valence electrons. The molecule has 5 heteroatoms. The Labute approximate surface area is 236 Å². The molecule has 2 amide bonds. The van der Waals surface area contributed by atoms with Gasteiger partial charge in [0.05, 0.1) is 12.3 Å². The fourth-order valence-corrected chi connectivity index (χ4v) is 4.90. The molecule has 0 aliphatic carbocycles. The fourth-order valence-electron chi connectivity index (χ4n) is 4.90. The van der Waals surface area contributed by atoms with Crippen LogP contribution in [0.3, 0.4) is 0 Å². The molecule has 0 radical (unpaired) electrons. The summed E-state index contributed by atoms with van der Waals surface area (Å²) in [5.74, 6) is 0.512. The zero-order valence-corrected chi connectivity index (χ0v) is 22.7. The number of amides is 2. The minimum absolute atomic E-state index is 0.188. The minimum Gasteiger partial charge on any atom is -0.494 e. The van der Waals surface area contributed by atoms with Crippen molar-refractivity contribution in [2.24, 2.45) is 0 Å². The van der Waals surface area contributed by atoms with Crippen LogP contribution in [0.15, 0.2) is 109 Å². The van der Waals surface area contributed by atoms with Gasteiger partial charge in [0.25, 0.3) is 11.8 Å². The second kappa shape index (κ2) is 13.5. The lowest BCUT2D eigenvalue weighted by atomic mass is 9.99. The van der Waals surface area contributed by atoms with E-state index in [-0.39, 0.29) is 11.8 Å². The van der Waals surface area contributed by atoms with Crippen LogP contribution in [0.2, 0.25) is 0 Å². The average molecular weight is 531 g/mol. The van der Waals surface area contributed by atoms with Gasteiger partial charge in [0.1, 0.15) is 5.75 Å². The lowest BCUT2D eigenvalue weighted by molar-refractivity contribution is -0.136. The predicted molar refractivity (Wildman–Crippen MR) is 160 cm³/mol. The van der Waals surface area contributed by atoms with Crippen molar-refractivity contribution in [2.45, 2.75) is 38.5 Å². The van der Waals surface area contributed by atoms with E-state index in [4.69, 9.17) is 4.74 Å². The first-order chi connectivity index (χ1) is 19.7. The summed E-state index contributed by atoms with van der Waals surface area (Å²) in [6.45, 7) is 1.22. The molecule has 0 bridgehead atoms. The van der Waals surface area contributed by atoms with E-state index >= 15 is 0 Å². The molecule has 5 rings (SSSR count). The third-order valence-electron chi connectivity index (χ3n) is 7.18. The second-order valence-electron chi connectivity index (χ2n) is 10.0. The van der Waals surface area contributed by atoms with Crippen LogP contribution in [0, 0.1) is 0 Å². The Hall–Kier alpha value is -4.51. The van der Waals surface area contributed by atoms with Crippen molar-refractivity contribution >= 4 is 11.8 Å². The molecule has 3 aromatic carbocycles. The molecule has 4 aromatic rings. The van der Waals surface area contributed by atoms with E-state index in [2.05, 4.69) is 59.6 Å². The standard InChI is InChI=1S/C35H34N2O3/c38-34-20-21-35(39)37(34)24-8-3-1-2-4-9-25-40-32-18-16-28(17-19-32)27-12-14-29(15-13-27)31-22-23-36-33(26-31)30-10-6-5-7-11-30/h5-7,10-23,26H,1-4,8-9,24-25H2. The second-order valence-corrected chi connectivity index (χ2v) is 10.0. The summed E-state index contributed by atoms with van der Waals surface area (Å²) < 4.78 is 5.95. The van der Waals surface area contributed by atoms with Gasteiger partial charge < -0.3 is 4.74 Å². The van der Waals surface area contributed by atoms with Gasteiger partial charge in [-0.05, 0) is 59.4 Å². The number of pyridine rings is 1. The van der Waals surface area contributed by atoms with E-state index in [0.29, 0.717) is 13.2 Å². The van der Waals surface area contributed by atoms with Crippen molar-refractivity contribution in [3.63, 3.8) is 0 Å². The van der Waals surface area contributed by atoms with Crippen LogP contribution in [0.4, 0.5) is 0 Å². The van der Waals surface area contributed by atoms with Crippen LogP contribution in [-0.2, 0) is 9.59 Å². The monoisotopic (exact) mass is 530 g/mol. The maximum Gasteiger partial charge on any atom is 0.253 e. The molecule has 0 atom stereocenters. The quantitative estimate of drug-likeness (QED) is 0.131. The number of rotatable bonds is 13. The number of carbonyl (C=O) groups excluding carboxylic acids is 2. The lowest BCUT2D eigenvalue weighted by Gasteiger charge is -2.13. The normalized spacial score (nSPS) is 12.8. The van der Waals surface area contributed by atoms with Crippen molar-refractivity contribution in [1.82, 2.24) is 9.88 Å². The Morgan fingerprint density at radius 2 is 1.15 bits per heavy atom. The van der Waals surface area contributed by atoms with Gasteiger partial charge in [-0.1, -0.05) is 92.4 Å². The number of hydrogen-bond acceptors (Lipinski definition) is 4. The summed E-state index contributed by atoms with van der Waals surface area (Å²) in [6.07, 6.45) is 10.8. The molecule has 2 heterocycles. The van der Waals surface area contributed by atoms with Crippen LogP contribution in [-0.4, -0.2) is 34.8 Å². The predicted octanol–water partition coefficient (Wildman–Crippen LogP) is 7.73. The van der Waals surface area contributed by atoms with E-state index in [9.17, 15) is 9.59 Å². The number of imide groups is 1. The van der Waals surface area contributed by atoms with Crippen molar-refractivity contribution in [3.8, 4) is 39.3 Å². The van der Waals surface area contributed by atoms with Gasteiger partial charge in [-0.3, -0.25) is 19.5 Å². The first kappa shape index (κ1) is 27.1. The van der Waals surface area contributed by atoms with Crippen LogP contribution in [0.1, 0.15) is 38.5 Å². The molecule has 0 saturated carbocycles. The Morgan fingerprint density at radius 1 is 0.575 bits per heavy atom. The van der Waals surface area contributed by atoms with E-state index < -0.39 is 0 Å². The number of aromatic nitrogens is 1. The smallest absolute Gasteiger partial charge is 0.253 e. The summed E-state index contributed by atoms with van der Waals surface area (Å²) in [4.78, 5) is 28.9. The minimum atomic E-state index is -0.188. The van der Waals surface area contributed by atoms with Crippen LogP contribution in [0.25, 0.3) is 33.5 Å². The molecule has 5 nitrogen and oxygen atoms in total. The van der Waals surface area contributed by atoms with E-state index in [1.165, 1.54) is 22.6 Å². The van der Waals surface area contributed by atoms with Gasteiger partial charge in [0.15, 0.2) is 0 Å². The molecular weight excluding hydrogens is 496 g/mol. The Kier molecular flexibility index (Phi) is 9.15. The van der Waals surface area contributed by atoms with Gasteiger partial charge in [0.2, 0.25) is 0 Å². The van der Waals surface area contributed by atoms with Crippen molar-refractivity contribution in [2.75, 3.05) is 13.2 Å². The van der Waals surface area contributed by atoms with Crippen molar-refractivity contribution in [3.05, 3.63) is 109 Å². The number of ether oxygens (including phenoxy) is 1. The number of hydrogen-bond donors (Lipinski definition) is 0. The third-order valence-corrected chi connectivity index (χ3v) is 7.18. The first-order valence-corrected chi connectivity index (χ1v) is 14.1. The molecule has 1 aromatic heterocycles. The first-order valence-electron chi connectivity index (χ1n) is 14.1. The van der Waals surface area contributed by atoms with E-state index in [0.717, 1.165) is 72.2 Å². The maximum absolute atomic E-state index is 11.5. The van der Waals surface area contributed by atoms with Gasteiger partial charge >= 0.3 is 0 Å². The highest BCUT2D eigenvalue weighted by molar-refractivity contribution is 6.12. The Morgan fingerprint density at radius 3 is 1.82 bits per heavy atom. The average Bonchev–Trinajstić information content (AvgIpc) is 3.33. The van der Waals surface area contributed by atoms with Crippen LogP contribution < -0.4 is 4.74 Å². The van der Waals surface area contributed by atoms with Crippen LogP contribution >= 0.6 is 0 Å².